The largest absolute Gasteiger partial charge is 0.345 e. The highest BCUT2D eigenvalue weighted by molar-refractivity contribution is 5.89. The molecular formula is C18H29N5O2. The van der Waals surface area contributed by atoms with Crippen LogP contribution in [0.2, 0.25) is 0 Å². The maximum absolute atomic E-state index is 13.0. The van der Waals surface area contributed by atoms with Crippen molar-refractivity contribution in [3.8, 4) is 0 Å². The van der Waals surface area contributed by atoms with Crippen LogP contribution in [0.4, 0.5) is 0 Å². The average molecular weight is 347 g/mol. The molecule has 1 aromatic heterocycles. The zero-order chi connectivity index (χ0) is 17.7. The number of carbonyl (C=O) groups excluding carboxylic acids is 2. The van der Waals surface area contributed by atoms with Gasteiger partial charge in [-0.05, 0) is 44.8 Å². The topological polar surface area (TPSA) is 79.3 Å². The molecule has 1 saturated carbocycles. The summed E-state index contributed by atoms with van der Waals surface area (Å²) >= 11 is 0. The molecule has 0 spiro atoms. The van der Waals surface area contributed by atoms with Crippen LogP contribution in [0.3, 0.4) is 0 Å². The Balaban J connectivity index is 1.61. The van der Waals surface area contributed by atoms with Crippen molar-refractivity contribution >= 4 is 11.8 Å². The molecule has 3 rings (SSSR count). The predicted octanol–water partition coefficient (Wildman–Crippen LogP) is 0.869. The van der Waals surface area contributed by atoms with Crippen LogP contribution < -0.4 is 10.6 Å². The van der Waals surface area contributed by atoms with Crippen LogP contribution in [-0.4, -0.2) is 59.2 Å². The lowest BCUT2D eigenvalue weighted by atomic mass is 9.87. The summed E-state index contributed by atoms with van der Waals surface area (Å²) in [5.41, 5.74) is -0.696. The van der Waals surface area contributed by atoms with Gasteiger partial charge in [0.05, 0.1) is 6.54 Å². The monoisotopic (exact) mass is 347 g/mol. The fourth-order valence-corrected chi connectivity index (χ4v) is 4.04. The average Bonchev–Trinajstić information content (AvgIpc) is 3.21. The zero-order valence-electron chi connectivity index (χ0n) is 15.0. The van der Waals surface area contributed by atoms with E-state index in [1.54, 1.807) is 10.9 Å². The Bertz CT molecular complexity index is 574. The van der Waals surface area contributed by atoms with Gasteiger partial charge in [0.2, 0.25) is 11.8 Å². The molecule has 7 nitrogen and oxygen atoms in total. The fourth-order valence-electron chi connectivity index (χ4n) is 4.04. The van der Waals surface area contributed by atoms with Crippen molar-refractivity contribution in [3.63, 3.8) is 0 Å². The van der Waals surface area contributed by atoms with Crippen LogP contribution in [0, 0.1) is 0 Å². The SMILES string of the molecule is CN(C(=O)CNC(=O)C1(n2cccn2)CCNCC1)C1CCCCC1. The van der Waals surface area contributed by atoms with E-state index in [-0.39, 0.29) is 18.4 Å². The molecule has 7 heteroatoms. The maximum atomic E-state index is 13.0. The molecule has 0 aromatic carbocycles. The van der Waals surface area contributed by atoms with E-state index in [0.717, 1.165) is 25.9 Å². The van der Waals surface area contributed by atoms with Crippen LogP contribution in [0.5, 0.6) is 0 Å². The third kappa shape index (κ3) is 3.86. The first kappa shape index (κ1) is 17.9. The minimum atomic E-state index is -0.696. The van der Waals surface area contributed by atoms with E-state index >= 15 is 0 Å². The highest BCUT2D eigenvalue weighted by Gasteiger charge is 2.42. The highest BCUT2D eigenvalue weighted by Crippen LogP contribution is 2.27. The summed E-state index contributed by atoms with van der Waals surface area (Å²) < 4.78 is 1.75. The summed E-state index contributed by atoms with van der Waals surface area (Å²) in [5, 5.41) is 10.5. The van der Waals surface area contributed by atoms with Gasteiger partial charge in [0.1, 0.15) is 5.54 Å². The molecule has 1 aliphatic heterocycles. The van der Waals surface area contributed by atoms with Gasteiger partial charge in [-0.1, -0.05) is 19.3 Å². The lowest BCUT2D eigenvalue weighted by molar-refractivity contribution is -0.137. The highest BCUT2D eigenvalue weighted by atomic mass is 16.2. The van der Waals surface area contributed by atoms with Crippen LogP contribution in [0.1, 0.15) is 44.9 Å². The lowest BCUT2D eigenvalue weighted by Gasteiger charge is -2.37. The second-order valence-corrected chi connectivity index (χ2v) is 7.21. The van der Waals surface area contributed by atoms with Crippen molar-refractivity contribution in [2.24, 2.45) is 0 Å². The molecule has 0 atom stereocenters. The van der Waals surface area contributed by atoms with E-state index in [9.17, 15) is 9.59 Å². The predicted molar refractivity (Wildman–Crippen MR) is 95.0 cm³/mol. The van der Waals surface area contributed by atoms with E-state index in [1.807, 2.05) is 24.2 Å². The molecule has 2 fully saturated rings. The van der Waals surface area contributed by atoms with Crippen molar-refractivity contribution in [3.05, 3.63) is 18.5 Å². The molecule has 0 bridgehead atoms. The third-order valence-corrected chi connectivity index (χ3v) is 5.71. The Morgan fingerprint density at radius 3 is 2.64 bits per heavy atom. The molecule has 2 amide bonds. The summed E-state index contributed by atoms with van der Waals surface area (Å²) in [7, 11) is 1.86. The van der Waals surface area contributed by atoms with E-state index in [1.165, 1.54) is 19.3 Å². The van der Waals surface area contributed by atoms with Crippen LogP contribution in [0.25, 0.3) is 0 Å². The van der Waals surface area contributed by atoms with Gasteiger partial charge in [-0.25, -0.2) is 0 Å². The first-order valence-corrected chi connectivity index (χ1v) is 9.38. The molecule has 2 aliphatic rings. The van der Waals surface area contributed by atoms with Gasteiger partial charge in [-0.15, -0.1) is 0 Å². The normalized spacial score (nSPS) is 20.8. The summed E-state index contributed by atoms with van der Waals surface area (Å²) in [6.07, 6.45) is 10.6. The maximum Gasteiger partial charge on any atom is 0.248 e. The number of nitrogens with one attached hydrogen (secondary N) is 2. The van der Waals surface area contributed by atoms with Gasteiger partial charge in [-0.2, -0.15) is 5.10 Å². The van der Waals surface area contributed by atoms with Gasteiger partial charge in [0.25, 0.3) is 0 Å². The van der Waals surface area contributed by atoms with Crippen molar-refractivity contribution in [1.82, 2.24) is 25.3 Å². The van der Waals surface area contributed by atoms with Gasteiger partial charge in [0.15, 0.2) is 0 Å². The minimum absolute atomic E-state index is 0.00944. The molecule has 1 aliphatic carbocycles. The van der Waals surface area contributed by atoms with Crippen molar-refractivity contribution < 1.29 is 9.59 Å². The van der Waals surface area contributed by atoms with Crippen molar-refractivity contribution in [2.75, 3.05) is 26.7 Å². The number of aromatic nitrogens is 2. The molecule has 2 N–H and O–H groups in total. The van der Waals surface area contributed by atoms with Gasteiger partial charge in [-0.3, -0.25) is 14.3 Å². The summed E-state index contributed by atoms with van der Waals surface area (Å²) in [6, 6.07) is 2.15. The third-order valence-electron chi connectivity index (χ3n) is 5.71. The van der Waals surface area contributed by atoms with Crippen LogP contribution in [-0.2, 0) is 15.1 Å². The molecule has 1 saturated heterocycles. The van der Waals surface area contributed by atoms with Gasteiger partial charge >= 0.3 is 0 Å². The minimum Gasteiger partial charge on any atom is -0.345 e. The molecule has 138 valence electrons. The molecule has 0 unspecified atom stereocenters. The number of hydrogen-bond donors (Lipinski definition) is 2. The van der Waals surface area contributed by atoms with E-state index in [0.29, 0.717) is 18.9 Å². The standard InChI is InChI=1S/C18H29N5O2/c1-22(15-6-3-2-4-7-15)16(24)14-20-17(25)18(8-11-19-12-9-18)23-13-5-10-21-23/h5,10,13,15,19H,2-4,6-9,11-12,14H2,1H3,(H,20,25). The Kier molecular flexibility index (Phi) is 5.73. The number of rotatable bonds is 5. The first-order valence-electron chi connectivity index (χ1n) is 9.38. The molecule has 2 heterocycles. The molecule has 1 aromatic rings. The second kappa shape index (κ2) is 7.99. The number of nitrogens with zero attached hydrogens (tertiary/aromatic N) is 3. The van der Waals surface area contributed by atoms with E-state index in [2.05, 4.69) is 15.7 Å². The Morgan fingerprint density at radius 2 is 2.00 bits per heavy atom. The van der Waals surface area contributed by atoms with Gasteiger partial charge < -0.3 is 15.5 Å². The van der Waals surface area contributed by atoms with Gasteiger partial charge in [0, 0.05) is 25.5 Å². The van der Waals surface area contributed by atoms with E-state index < -0.39 is 5.54 Å². The molecule has 0 radical (unpaired) electrons. The quantitative estimate of drug-likeness (QED) is 0.828. The number of amides is 2. The van der Waals surface area contributed by atoms with E-state index in [4.69, 9.17) is 0 Å². The Labute approximate surface area is 149 Å². The second-order valence-electron chi connectivity index (χ2n) is 7.21. The van der Waals surface area contributed by atoms with Crippen molar-refractivity contribution in [2.45, 2.75) is 56.5 Å². The van der Waals surface area contributed by atoms with Crippen LogP contribution >= 0.6 is 0 Å². The fraction of sp³-hybridized carbons (Fsp3) is 0.722. The number of hydrogen-bond acceptors (Lipinski definition) is 4. The summed E-state index contributed by atoms with van der Waals surface area (Å²) in [4.78, 5) is 27.3. The summed E-state index contributed by atoms with van der Waals surface area (Å²) in [6.45, 7) is 1.59. The molecular weight excluding hydrogens is 318 g/mol. The number of likely N-dealkylation sites (N-methyl/N-ethyl adjacent to an activating group) is 1. The molecule has 25 heavy (non-hydrogen) atoms. The first-order chi connectivity index (χ1) is 12.1. The number of carbonyl (C=O) groups is 2. The van der Waals surface area contributed by atoms with Crippen LogP contribution in [0.15, 0.2) is 18.5 Å². The lowest BCUT2D eigenvalue weighted by Crippen LogP contribution is -2.56. The Morgan fingerprint density at radius 1 is 1.28 bits per heavy atom. The Hall–Kier alpha value is -1.89. The summed E-state index contributed by atoms with van der Waals surface area (Å²) in [5.74, 6) is -0.118. The van der Waals surface area contributed by atoms with Crippen molar-refractivity contribution in [1.29, 1.82) is 0 Å². The smallest absolute Gasteiger partial charge is 0.248 e. The number of piperidine rings is 1. The zero-order valence-corrected chi connectivity index (χ0v) is 15.0.